The predicted molar refractivity (Wildman–Crippen MR) is 163 cm³/mol. The second-order valence-corrected chi connectivity index (χ2v) is 12.0. The van der Waals surface area contributed by atoms with Gasteiger partial charge in [-0.25, -0.2) is 4.79 Å². The number of phenolic OH excluding ortho intramolecular Hbond substituents is 1. The fourth-order valence-corrected chi connectivity index (χ4v) is 6.38. The molecule has 1 aliphatic heterocycles. The summed E-state index contributed by atoms with van der Waals surface area (Å²) in [5.74, 6) is 1.76. The lowest BCUT2D eigenvalue weighted by Gasteiger charge is -2.37. The van der Waals surface area contributed by atoms with E-state index >= 15 is 0 Å². The van der Waals surface area contributed by atoms with Crippen molar-refractivity contribution in [2.75, 3.05) is 38.9 Å². The van der Waals surface area contributed by atoms with Crippen molar-refractivity contribution >= 4 is 39.4 Å². The maximum absolute atomic E-state index is 14.0. The number of carbonyl (C=O) groups is 2. The molecule has 41 heavy (non-hydrogen) atoms. The minimum absolute atomic E-state index is 0.0383. The smallest absolute Gasteiger partial charge is 0.336 e. The zero-order chi connectivity index (χ0) is 29.7. The molecule has 0 bridgehead atoms. The van der Waals surface area contributed by atoms with Crippen LogP contribution in [0.25, 0.3) is 0 Å². The number of carbonyl (C=O) groups excluding carboxylic acids is 2. The molecule has 1 heterocycles. The number of halogens is 1. The number of dihydropyridines is 1. The monoisotopic (exact) mass is 645 g/mol. The number of thioether (sulfide) groups is 1. The van der Waals surface area contributed by atoms with Crippen LogP contribution in [0.15, 0.2) is 57.3 Å². The first kappa shape index (κ1) is 30.8. The molecule has 2 atom stereocenters. The Morgan fingerprint density at radius 2 is 1.80 bits per heavy atom. The van der Waals surface area contributed by atoms with Gasteiger partial charge < -0.3 is 29.4 Å². The Morgan fingerprint density at radius 1 is 1.07 bits per heavy atom. The van der Waals surface area contributed by atoms with E-state index in [4.69, 9.17) is 18.9 Å². The second-order valence-electron chi connectivity index (χ2n) is 9.75. The van der Waals surface area contributed by atoms with Crippen LogP contribution in [0, 0.1) is 0 Å². The summed E-state index contributed by atoms with van der Waals surface area (Å²) in [6.07, 6.45) is 0.829. The summed E-state index contributed by atoms with van der Waals surface area (Å²) in [5, 5.41) is 14.0. The molecule has 220 valence electrons. The maximum Gasteiger partial charge on any atom is 0.336 e. The Balaban J connectivity index is 1.78. The molecule has 0 saturated carbocycles. The van der Waals surface area contributed by atoms with Crippen LogP contribution in [-0.2, 0) is 14.3 Å². The molecule has 2 N–H and O–H groups in total. The van der Waals surface area contributed by atoms with Crippen LogP contribution in [0.1, 0.15) is 56.6 Å². The van der Waals surface area contributed by atoms with Gasteiger partial charge in [-0.1, -0.05) is 13.0 Å². The third-order valence-electron chi connectivity index (χ3n) is 7.28. The number of hydrogen-bond acceptors (Lipinski definition) is 9. The van der Waals surface area contributed by atoms with Gasteiger partial charge in [-0.15, -0.1) is 0 Å². The van der Waals surface area contributed by atoms with E-state index in [-0.39, 0.29) is 36.2 Å². The Labute approximate surface area is 253 Å². The number of nitrogens with one attached hydrogen (secondary N) is 1. The predicted octanol–water partition coefficient (Wildman–Crippen LogP) is 6.23. The number of phenols is 1. The van der Waals surface area contributed by atoms with Gasteiger partial charge in [0, 0.05) is 35.1 Å². The van der Waals surface area contributed by atoms with E-state index in [2.05, 4.69) is 28.2 Å². The standard InChI is InChI=1S/C31H36BrNO7S/c1-6-39-26-16-20(12-21(32)30(26)35)28-27(31(36)40-10-11-41-7-2)17(3)33-22-13-19(14-23(34)29(22)28)18-8-9-24(37-4)25(15-18)38-5/h8-9,12,15-16,19,28,33,35H,6-7,10-11,13-14H2,1-5H3/t19-,28+/m0/s1. The van der Waals surface area contributed by atoms with Gasteiger partial charge in [-0.05, 0) is 83.3 Å². The molecule has 1 aliphatic carbocycles. The molecule has 0 spiro atoms. The average Bonchev–Trinajstić information content (AvgIpc) is 2.96. The van der Waals surface area contributed by atoms with Crippen molar-refractivity contribution in [2.45, 2.75) is 45.4 Å². The molecule has 0 aromatic heterocycles. The van der Waals surface area contributed by atoms with E-state index in [1.54, 1.807) is 38.1 Å². The molecule has 10 heteroatoms. The van der Waals surface area contributed by atoms with Crippen molar-refractivity contribution in [3.63, 3.8) is 0 Å². The van der Waals surface area contributed by atoms with Crippen LogP contribution in [0.3, 0.4) is 0 Å². The second kappa shape index (κ2) is 13.7. The van der Waals surface area contributed by atoms with Crippen LogP contribution < -0.4 is 19.5 Å². The minimum atomic E-state index is -0.687. The van der Waals surface area contributed by atoms with Gasteiger partial charge in [-0.3, -0.25) is 4.79 Å². The lowest BCUT2D eigenvalue weighted by atomic mass is 9.71. The van der Waals surface area contributed by atoms with E-state index < -0.39 is 11.9 Å². The fraction of sp³-hybridized carbons (Fsp3) is 0.419. The fourth-order valence-electron chi connectivity index (χ4n) is 5.43. The molecule has 0 radical (unpaired) electrons. The topological polar surface area (TPSA) is 103 Å². The van der Waals surface area contributed by atoms with Gasteiger partial charge in [-0.2, -0.15) is 11.8 Å². The van der Waals surface area contributed by atoms with E-state index in [1.807, 2.05) is 32.0 Å². The lowest BCUT2D eigenvalue weighted by Crippen LogP contribution is -2.36. The van der Waals surface area contributed by atoms with Crippen molar-refractivity contribution < 1.29 is 33.6 Å². The number of rotatable bonds is 11. The molecular weight excluding hydrogens is 610 g/mol. The number of methoxy groups -OCH3 is 2. The normalized spacial score (nSPS) is 18.5. The Bertz CT molecular complexity index is 1390. The highest BCUT2D eigenvalue weighted by Gasteiger charge is 2.42. The molecule has 0 unspecified atom stereocenters. The van der Waals surface area contributed by atoms with Gasteiger partial charge in [0.05, 0.1) is 30.9 Å². The van der Waals surface area contributed by atoms with Gasteiger partial charge in [0.15, 0.2) is 28.8 Å². The summed E-state index contributed by atoms with van der Waals surface area (Å²) >= 11 is 5.12. The van der Waals surface area contributed by atoms with Crippen LogP contribution in [0.4, 0.5) is 0 Å². The maximum atomic E-state index is 14.0. The van der Waals surface area contributed by atoms with E-state index in [1.165, 1.54) is 0 Å². The van der Waals surface area contributed by atoms with Gasteiger partial charge in [0.1, 0.15) is 6.61 Å². The summed E-state index contributed by atoms with van der Waals surface area (Å²) in [6, 6.07) is 9.15. The molecule has 0 saturated heterocycles. The summed E-state index contributed by atoms with van der Waals surface area (Å²) in [5.41, 5.74) is 3.92. The van der Waals surface area contributed by atoms with E-state index in [9.17, 15) is 14.7 Å². The summed E-state index contributed by atoms with van der Waals surface area (Å²) in [4.78, 5) is 27.5. The number of Topliss-reactive ketones (excluding diaryl/α,β-unsaturated/α-hetero) is 1. The Kier molecular flexibility index (Phi) is 10.3. The minimum Gasteiger partial charge on any atom is -0.503 e. The molecular formula is C31H36BrNO7S. The number of ether oxygens (including phenoxy) is 4. The number of aromatic hydroxyl groups is 1. The number of ketones is 1. The summed E-state index contributed by atoms with van der Waals surface area (Å²) in [7, 11) is 3.17. The van der Waals surface area contributed by atoms with Crippen molar-refractivity contribution in [3.8, 4) is 23.0 Å². The van der Waals surface area contributed by atoms with Gasteiger partial charge >= 0.3 is 5.97 Å². The Hall–Kier alpha value is -3.11. The molecule has 2 aliphatic rings. The van der Waals surface area contributed by atoms with E-state index in [0.29, 0.717) is 57.2 Å². The number of esters is 1. The number of hydrogen-bond donors (Lipinski definition) is 2. The SMILES string of the molecule is CCOc1cc([C@@H]2C(C(=O)OCCSCC)=C(C)NC3=C2C(=O)C[C@@H](c2ccc(OC)c(OC)c2)C3)cc(Br)c1O. The van der Waals surface area contributed by atoms with Crippen molar-refractivity contribution in [3.05, 3.63) is 68.5 Å². The summed E-state index contributed by atoms with van der Waals surface area (Å²) < 4.78 is 22.7. The summed E-state index contributed by atoms with van der Waals surface area (Å²) in [6.45, 7) is 6.32. The molecule has 4 rings (SSSR count). The van der Waals surface area contributed by atoms with Crippen molar-refractivity contribution in [1.82, 2.24) is 5.32 Å². The van der Waals surface area contributed by atoms with Gasteiger partial charge in [0.25, 0.3) is 0 Å². The third-order valence-corrected chi connectivity index (χ3v) is 8.74. The molecule has 8 nitrogen and oxygen atoms in total. The number of benzene rings is 2. The highest BCUT2D eigenvalue weighted by atomic mass is 79.9. The molecule has 0 fully saturated rings. The third kappa shape index (κ3) is 6.54. The van der Waals surface area contributed by atoms with Crippen molar-refractivity contribution in [1.29, 1.82) is 0 Å². The zero-order valence-corrected chi connectivity index (χ0v) is 26.4. The first-order valence-corrected chi connectivity index (χ1v) is 15.5. The van der Waals surface area contributed by atoms with Crippen LogP contribution in [0.2, 0.25) is 0 Å². The number of allylic oxidation sites excluding steroid dienone is 3. The highest BCUT2D eigenvalue weighted by Crippen LogP contribution is 2.48. The van der Waals surface area contributed by atoms with Crippen molar-refractivity contribution in [2.24, 2.45) is 0 Å². The molecule has 0 amide bonds. The first-order valence-electron chi connectivity index (χ1n) is 13.6. The van der Waals surface area contributed by atoms with Crippen LogP contribution in [-0.4, -0.2) is 55.8 Å². The molecule has 2 aromatic rings. The van der Waals surface area contributed by atoms with Gasteiger partial charge in [0.2, 0.25) is 0 Å². The lowest BCUT2D eigenvalue weighted by molar-refractivity contribution is -0.138. The van der Waals surface area contributed by atoms with Crippen LogP contribution in [0.5, 0.6) is 23.0 Å². The highest BCUT2D eigenvalue weighted by molar-refractivity contribution is 9.10. The average molecular weight is 647 g/mol. The molecule has 2 aromatic carbocycles. The first-order chi connectivity index (χ1) is 19.7. The van der Waals surface area contributed by atoms with Crippen LogP contribution >= 0.6 is 27.7 Å². The zero-order valence-electron chi connectivity index (χ0n) is 24.0. The Morgan fingerprint density at radius 3 is 2.49 bits per heavy atom. The quantitative estimate of drug-likeness (QED) is 0.217. The largest absolute Gasteiger partial charge is 0.503 e. The van der Waals surface area contributed by atoms with E-state index in [0.717, 1.165) is 17.0 Å².